The van der Waals surface area contributed by atoms with Crippen molar-refractivity contribution in [2.24, 2.45) is 0 Å². The molecule has 1 amide bonds. The maximum atomic E-state index is 12.3. The molecule has 2 heterocycles. The maximum Gasteiger partial charge on any atom is 0.273 e. The predicted molar refractivity (Wildman–Crippen MR) is 95.1 cm³/mol. The molecule has 0 spiro atoms. The second kappa shape index (κ2) is 7.01. The lowest BCUT2D eigenvalue weighted by Gasteiger charge is -2.20. The van der Waals surface area contributed by atoms with Crippen molar-refractivity contribution in [1.82, 2.24) is 25.3 Å². The number of carbonyl (C=O) groups is 1. The molecular formula is C19H21N5O. The lowest BCUT2D eigenvalue weighted by Crippen LogP contribution is -2.23. The molecule has 1 aromatic carbocycles. The van der Waals surface area contributed by atoms with Crippen molar-refractivity contribution in [3.63, 3.8) is 0 Å². The fourth-order valence-corrected chi connectivity index (χ4v) is 3.39. The number of pyridine rings is 1. The van der Waals surface area contributed by atoms with Crippen LogP contribution in [0.2, 0.25) is 0 Å². The first kappa shape index (κ1) is 15.7. The first-order chi connectivity index (χ1) is 12.3. The van der Waals surface area contributed by atoms with Gasteiger partial charge in [-0.2, -0.15) is 0 Å². The first-order valence-corrected chi connectivity index (χ1v) is 8.83. The topological polar surface area (TPSA) is 72.7 Å². The van der Waals surface area contributed by atoms with Gasteiger partial charge < -0.3 is 5.32 Å². The van der Waals surface area contributed by atoms with E-state index >= 15 is 0 Å². The largest absolute Gasteiger partial charge is 0.346 e. The second-order valence-corrected chi connectivity index (χ2v) is 6.59. The third kappa shape index (κ3) is 3.52. The van der Waals surface area contributed by atoms with Gasteiger partial charge in [0.1, 0.15) is 0 Å². The number of nitrogens with one attached hydrogen (secondary N) is 1. The van der Waals surface area contributed by atoms with Crippen LogP contribution in [0, 0.1) is 0 Å². The minimum Gasteiger partial charge on any atom is -0.346 e. The van der Waals surface area contributed by atoms with E-state index < -0.39 is 0 Å². The number of fused-ring (bicyclic) bond motifs is 1. The van der Waals surface area contributed by atoms with Gasteiger partial charge in [-0.3, -0.25) is 9.78 Å². The number of amides is 1. The molecule has 0 atom stereocenters. The molecule has 1 saturated carbocycles. The summed E-state index contributed by atoms with van der Waals surface area (Å²) in [6.07, 6.45) is 9.53. The Hall–Kier alpha value is -2.76. The van der Waals surface area contributed by atoms with E-state index in [1.807, 2.05) is 35.0 Å². The second-order valence-electron chi connectivity index (χ2n) is 6.59. The van der Waals surface area contributed by atoms with Crippen LogP contribution < -0.4 is 5.32 Å². The number of hydrogen-bond donors (Lipinski definition) is 1. The summed E-state index contributed by atoms with van der Waals surface area (Å²) in [5.74, 6) is -0.199. The lowest BCUT2D eigenvalue weighted by molar-refractivity contribution is 0.0946. The van der Waals surface area contributed by atoms with Crippen LogP contribution in [0.1, 0.15) is 54.2 Å². The minimum atomic E-state index is -0.199. The van der Waals surface area contributed by atoms with Gasteiger partial charge in [-0.15, -0.1) is 5.10 Å². The van der Waals surface area contributed by atoms with Crippen LogP contribution in [0.4, 0.5) is 0 Å². The van der Waals surface area contributed by atoms with Gasteiger partial charge >= 0.3 is 0 Å². The van der Waals surface area contributed by atoms with Crippen molar-refractivity contribution in [1.29, 1.82) is 0 Å². The van der Waals surface area contributed by atoms with Gasteiger partial charge in [-0.25, -0.2) is 4.68 Å². The van der Waals surface area contributed by atoms with Gasteiger partial charge in [0.2, 0.25) is 0 Å². The normalized spacial score (nSPS) is 15.4. The van der Waals surface area contributed by atoms with Crippen molar-refractivity contribution in [2.75, 3.05) is 0 Å². The third-order valence-corrected chi connectivity index (χ3v) is 4.79. The number of hydrogen-bond acceptors (Lipinski definition) is 4. The van der Waals surface area contributed by atoms with Crippen molar-refractivity contribution < 1.29 is 4.79 Å². The molecule has 1 aliphatic carbocycles. The van der Waals surface area contributed by atoms with E-state index in [0.717, 1.165) is 29.3 Å². The Morgan fingerprint density at radius 3 is 2.92 bits per heavy atom. The van der Waals surface area contributed by atoms with Crippen molar-refractivity contribution in [3.05, 3.63) is 54.0 Å². The zero-order chi connectivity index (χ0) is 17.1. The van der Waals surface area contributed by atoms with E-state index in [9.17, 15) is 4.79 Å². The maximum absolute atomic E-state index is 12.3. The summed E-state index contributed by atoms with van der Waals surface area (Å²) < 4.78 is 1.85. The summed E-state index contributed by atoms with van der Waals surface area (Å²) >= 11 is 0. The summed E-state index contributed by atoms with van der Waals surface area (Å²) in [5, 5.41) is 12.2. The highest BCUT2D eigenvalue weighted by molar-refractivity contribution is 5.91. The third-order valence-electron chi connectivity index (χ3n) is 4.79. The van der Waals surface area contributed by atoms with Crippen molar-refractivity contribution >= 4 is 16.8 Å². The molecule has 6 heteroatoms. The Balaban J connectivity index is 1.40. The summed E-state index contributed by atoms with van der Waals surface area (Å²) in [6.45, 7) is 0.424. The van der Waals surface area contributed by atoms with Gasteiger partial charge in [0, 0.05) is 18.1 Å². The quantitative estimate of drug-likeness (QED) is 0.794. The smallest absolute Gasteiger partial charge is 0.273 e. The zero-order valence-electron chi connectivity index (χ0n) is 14.1. The number of aromatic nitrogens is 4. The van der Waals surface area contributed by atoms with Gasteiger partial charge in [0.15, 0.2) is 5.69 Å². The van der Waals surface area contributed by atoms with E-state index in [1.54, 1.807) is 12.4 Å². The molecule has 1 N–H and O–H groups in total. The highest BCUT2D eigenvalue weighted by Gasteiger charge is 2.18. The number of nitrogens with zero attached hydrogens (tertiary/aromatic N) is 4. The fraction of sp³-hybridized carbons (Fsp3) is 0.368. The Labute approximate surface area is 146 Å². The summed E-state index contributed by atoms with van der Waals surface area (Å²) in [4.78, 5) is 16.7. The number of rotatable bonds is 4. The molecule has 1 fully saturated rings. The van der Waals surface area contributed by atoms with Gasteiger partial charge in [-0.05, 0) is 30.5 Å². The number of carbonyl (C=O) groups excluding carboxylic acids is 1. The Morgan fingerprint density at radius 2 is 2.04 bits per heavy atom. The molecule has 0 saturated heterocycles. The molecule has 2 aromatic heterocycles. The average molecular weight is 335 g/mol. The number of benzene rings is 1. The molecule has 0 unspecified atom stereocenters. The molecule has 0 aliphatic heterocycles. The van der Waals surface area contributed by atoms with E-state index in [2.05, 4.69) is 20.6 Å². The number of para-hydroxylation sites is 1. The lowest BCUT2D eigenvalue weighted by atomic mass is 9.96. The Kier molecular flexibility index (Phi) is 4.41. The standard InChI is InChI=1S/C19H21N5O/c25-19(18-13-24(23-22-18)16-7-2-1-3-8-16)21-12-14-10-15-6-4-5-9-17(15)20-11-14/h4-6,9-11,13,16H,1-3,7-8,12H2,(H,21,25). The van der Waals surface area contributed by atoms with Gasteiger partial charge in [0.25, 0.3) is 5.91 Å². The molecule has 25 heavy (non-hydrogen) atoms. The Bertz CT molecular complexity index is 882. The van der Waals surface area contributed by atoms with Crippen LogP contribution in [-0.2, 0) is 6.54 Å². The van der Waals surface area contributed by atoms with Crippen LogP contribution in [-0.4, -0.2) is 25.9 Å². The zero-order valence-corrected chi connectivity index (χ0v) is 14.1. The predicted octanol–water partition coefficient (Wildman–Crippen LogP) is 3.26. The Morgan fingerprint density at radius 1 is 1.20 bits per heavy atom. The van der Waals surface area contributed by atoms with Gasteiger partial charge in [-0.1, -0.05) is 42.7 Å². The van der Waals surface area contributed by atoms with E-state index in [4.69, 9.17) is 0 Å². The minimum absolute atomic E-state index is 0.199. The molecule has 128 valence electrons. The summed E-state index contributed by atoms with van der Waals surface area (Å²) in [6, 6.07) is 10.4. The van der Waals surface area contributed by atoms with Gasteiger partial charge in [0.05, 0.1) is 17.8 Å². The van der Waals surface area contributed by atoms with Crippen LogP contribution in [0.15, 0.2) is 42.7 Å². The SMILES string of the molecule is O=C(NCc1cnc2ccccc2c1)c1cn(C2CCCCC2)nn1. The molecular weight excluding hydrogens is 314 g/mol. The average Bonchev–Trinajstić information content (AvgIpc) is 3.17. The van der Waals surface area contributed by atoms with Crippen LogP contribution in [0.25, 0.3) is 10.9 Å². The molecule has 6 nitrogen and oxygen atoms in total. The summed E-state index contributed by atoms with van der Waals surface area (Å²) in [5.41, 5.74) is 2.29. The molecule has 0 radical (unpaired) electrons. The van der Waals surface area contributed by atoms with E-state index in [0.29, 0.717) is 18.3 Å². The first-order valence-electron chi connectivity index (χ1n) is 8.83. The van der Waals surface area contributed by atoms with Crippen molar-refractivity contribution in [2.45, 2.75) is 44.7 Å². The highest BCUT2D eigenvalue weighted by atomic mass is 16.2. The van der Waals surface area contributed by atoms with Crippen molar-refractivity contribution in [3.8, 4) is 0 Å². The highest BCUT2D eigenvalue weighted by Crippen LogP contribution is 2.27. The summed E-state index contributed by atoms with van der Waals surface area (Å²) in [7, 11) is 0. The van der Waals surface area contributed by atoms with Crippen LogP contribution in [0.3, 0.4) is 0 Å². The van der Waals surface area contributed by atoms with E-state index in [1.165, 1.54) is 19.3 Å². The molecule has 4 rings (SSSR count). The molecule has 3 aromatic rings. The fourth-order valence-electron chi connectivity index (χ4n) is 3.39. The monoisotopic (exact) mass is 335 g/mol. The molecule has 0 bridgehead atoms. The van der Waals surface area contributed by atoms with Crippen LogP contribution >= 0.6 is 0 Å². The molecule has 1 aliphatic rings. The van der Waals surface area contributed by atoms with Crippen LogP contribution in [0.5, 0.6) is 0 Å². The van der Waals surface area contributed by atoms with E-state index in [-0.39, 0.29) is 5.91 Å².